The highest BCUT2D eigenvalue weighted by molar-refractivity contribution is 5.68. The molecule has 150 valence electrons. The van der Waals surface area contributed by atoms with Crippen molar-refractivity contribution >= 4 is 6.08 Å². The predicted octanol–water partition coefficient (Wildman–Crippen LogP) is 4.36. The van der Waals surface area contributed by atoms with Gasteiger partial charge in [0.05, 0.1) is 35.8 Å². The minimum absolute atomic E-state index is 0.0593. The summed E-state index contributed by atoms with van der Waals surface area (Å²) in [4.78, 5) is 13.1. The van der Waals surface area contributed by atoms with Crippen LogP contribution in [-0.2, 0) is 0 Å². The summed E-state index contributed by atoms with van der Waals surface area (Å²) in [6.07, 6.45) is 12.8. The van der Waals surface area contributed by atoms with Crippen LogP contribution in [0.2, 0.25) is 0 Å². The first-order valence-corrected chi connectivity index (χ1v) is 9.83. The molecule has 0 atom stereocenters. The van der Waals surface area contributed by atoms with Gasteiger partial charge in [-0.25, -0.2) is 4.98 Å². The van der Waals surface area contributed by atoms with Gasteiger partial charge in [0.2, 0.25) is 0 Å². The van der Waals surface area contributed by atoms with Crippen LogP contribution in [0.25, 0.3) is 23.0 Å². The topological polar surface area (TPSA) is 75.9 Å². The van der Waals surface area contributed by atoms with E-state index in [2.05, 4.69) is 54.0 Å². The van der Waals surface area contributed by atoms with Crippen LogP contribution in [0.5, 0.6) is 5.75 Å². The average molecular weight is 390 g/mol. The van der Waals surface area contributed by atoms with Crippen molar-refractivity contribution in [2.24, 2.45) is 0 Å². The zero-order chi connectivity index (χ0) is 20.6. The van der Waals surface area contributed by atoms with Crippen molar-refractivity contribution in [2.45, 2.75) is 51.6 Å². The summed E-state index contributed by atoms with van der Waals surface area (Å²) < 4.78 is 1.84. The van der Waals surface area contributed by atoms with Gasteiger partial charge in [0.1, 0.15) is 5.75 Å². The molecule has 29 heavy (non-hydrogen) atoms. The third-order valence-corrected chi connectivity index (χ3v) is 5.10. The van der Waals surface area contributed by atoms with Gasteiger partial charge in [-0.05, 0) is 58.7 Å². The second-order valence-corrected chi connectivity index (χ2v) is 9.05. The molecule has 1 saturated heterocycles. The van der Waals surface area contributed by atoms with Crippen molar-refractivity contribution in [3.63, 3.8) is 0 Å². The molecule has 0 saturated carbocycles. The molecule has 2 aromatic heterocycles. The van der Waals surface area contributed by atoms with Crippen molar-refractivity contribution in [3.8, 4) is 22.7 Å². The van der Waals surface area contributed by atoms with Gasteiger partial charge in [0, 0.05) is 35.1 Å². The van der Waals surface area contributed by atoms with Crippen molar-refractivity contribution in [1.29, 1.82) is 0 Å². The fraction of sp³-hybridized carbons (Fsp3) is 0.348. The zero-order valence-corrected chi connectivity index (χ0v) is 17.3. The Balaban J connectivity index is 1.57. The normalized spacial score (nSPS) is 17.9. The number of hydrogen-bond acceptors (Lipinski definition) is 5. The molecule has 0 amide bonds. The Bertz CT molecular complexity index is 1020. The molecule has 3 aromatic rings. The van der Waals surface area contributed by atoms with E-state index < -0.39 is 0 Å². The minimum Gasteiger partial charge on any atom is -0.507 e. The maximum absolute atomic E-state index is 10.5. The molecule has 1 fully saturated rings. The maximum atomic E-state index is 10.5. The molecule has 6 heteroatoms. The molecule has 4 rings (SSSR count). The Kier molecular flexibility index (Phi) is 4.74. The summed E-state index contributed by atoms with van der Waals surface area (Å²) in [5, 5.41) is 14.2. The number of nitrogens with one attached hydrogen (secondary N) is 1. The van der Waals surface area contributed by atoms with E-state index >= 15 is 0 Å². The second kappa shape index (κ2) is 7.12. The molecular weight excluding hydrogens is 362 g/mol. The molecule has 0 aliphatic carbocycles. The van der Waals surface area contributed by atoms with Gasteiger partial charge in [-0.1, -0.05) is 5.57 Å². The molecule has 1 aliphatic heterocycles. The van der Waals surface area contributed by atoms with Gasteiger partial charge in [0.15, 0.2) is 0 Å². The van der Waals surface area contributed by atoms with Crippen LogP contribution >= 0.6 is 0 Å². The quantitative estimate of drug-likeness (QED) is 0.696. The highest BCUT2D eigenvalue weighted by Gasteiger charge is 2.34. The van der Waals surface area contributed by atoms with E-state index in [4.69, 9.17) is 0 Å². The molecule has 0 unspecified atom stereocenters. The number of benzene rings is 1. The molecule has 6 nitrogen and oxygen atoms in total. The Morgan fingerprint density at radius 1 is 1.07 bits per heavy atom. The van der Waals surface area contributed by atoms with Crippen LogP contribution in [-0.4, -0.2) is 35.7 Å². The van der Waals surface area contributed by atoms with Gasteiger partial charge < -0.3 is 15.0 Å². The molecule has 0 radical (unpaired) electrons. The molecule has 0 bridgehead atoms. The Hall–Kier alpha value is -2.99. The summed E-state index contributed by atoms with van der Waals surface area (Å²) in [6.45, 7) is 8.92. The number of rotatable bonds is 3. The Morgan fingerprint density at radius 2 is 1.83 bits per heavy atom. The van der Waals surface area contributed by atoms with Crippen LogP contribution in [0, 0.1) is 0 Å². The van der Waals surface area contributed by atoms with E-state index in [1.165, 1.54) is 5.57 Å². The Morgan fingerprint density at radius 3 is 2.41 bits per heavy atom. The maximum Gasteiger partial charge on any atom is 0.127 e. The summed E-state index contributed by atoms with van der Waals surface area (Å²) in [5.41, 5.74) is 4.47. The van der Waals surface area contributed by atoms with Crippen LogP contribution in [0.15, 0.2) is 54.9 Å². The van der Waals surface area contributed by atoms with Crippen molar-refractivity contribution < 1.29 is 5.11 Å². The first-order valence-electron chi connectivity index (χ1n) is 9.83. The number of nitrogens with zero attached hydrogens (tertiary/aromatic N) is 4. The number of phenolic OH excluding ortho intramolecular Hbond substituents is 1. The third-order valence-electron chi connectivity index (χ3n) is 5.10. The van der Waals surface area contributed by atoms with E-state index in [-0.39, 0.29) is 16.8 Å². The van der Waals surface area contributed by atoms with E-state index in [0.29, 0.717) is 11.3 Å². The first kappa shape index (κ1) is 19.3. The standard InChI is InChI=1S/C23H27N5O/c1-22(2)11-16(12-23(3,4)27-22)9-17-13-26-20(14-25-17)19-6-5-18(10-21(19)29)28-8-7-24-15-28/h5-10,13-15,27,29H,11-12H2,1-4H3. The number of hydrogen-bond donors (Lipinski definition) is 2. The van der Waals surface area contributed by atoms with E-state index in [0.717, 1.165) is 24.2 Å². The lowest BCUT2D eigenvalue weighted by Crippen LogP contribution is -2.55. The fourth-order valence-corrected chi connectivity index (χ4v) is 4.37. The fourth-order valence-electron chi connectivity index (χ4n) is 4.37. The van der Waals surface area contributed by atoms with Crippen molar-refractivity contribution in [2.75, 3.05) is 0 Å². The predicted molar refractivity (Wildman–Crippen MR) is 115 cm³/mol. The monoisotopic (exact) mass is 389 g/mol. The molecule has 0 spiro atoms. The van der Waals surface area contributed by atoms with E-state index in [1.54, 1.807) is 31.0 Å². The van der Waals surface area contributed by atoms with Gasteiger partial charge in [-0.3, -0.25) is 9.97 Å². The number of piperidine rings is 1. The summed E-state index contributed by atoms with van der Waals surface area (Å²) in [5.74, 6) is 0.165. The van der Waals surface area contributed by atoms with Crippen LogP contribution in [0.1, 0.15) is 46.2 Å². The molecular formula is C23H27N5O. The molecule has 1 aromatic carbocycles. The lowest BCUT2D eigenvalue weighted by atomic mass is 9.79. The Labute approximate surface area is 171 Å². The minimum atomic E-state index is 0.0593. The average Bonchev–Trinajstić information content (AvgIpc) is 3.14. The molecule has 1 aliphatic rings. The van der Waals surface area contributed by atoms with Gasteiger partial charge in [0.25, 0.3) is 0 Å². The molecule has 3 heterocycles. The molecule has 2 N–H and O–H groups in total. The lowest BCUT2D eigenvalue weighted by Gasteiger charge is -2.44. The summed E-state index contributed by atoms with van der Waals surface area (Å²) >= 11 is 0. The summed E-state index contributed by atoms with van der Waals surface area (Å²) in [6, 6.07) is 5.48. The van der Waals surface area contributed by atoms with Crippen molar-refractivity contribution in [3.05, 3.63) is 60.6 Å². The number of aromatic hydroxyl groups is 1. The van der Waals surface area contributed by atoms with Crippen LogP contribution in [0.3, 0.4) is 0 Å². The van der Waals surface area contributed by atoms with Gasteiger partial charge >= 0.3 is 0 Å². The van der Waals surface area contributed by atoms with E-state index in [9.17, 15) is 5.11 Å². The highest BCUT2D eigenvalue weighted by Crippen LogP contribution is 2.33. The van der Waals surface area contributed by atoms with E-state index in [1.807, 2.05) is 22.9 Å². The second-order valence-electron chi connectivity index (χ2n) is 9.05. The SMILES string of the molecule is CC1(C)CC(=Cc2cnc(-c3ccc(-n4ccnc4)cc3O)cn2)CC(C)(C)N1. The highest BCUT2D eigenvalue weighted by atomic mass is 16.3. The number of imidazole rings is 1. The van der Waals surface area contributed by atoms with Gasteiger partial charge in [-0.15, -0.1) is 0 Å². The number of phenols is 1. The largest absolute Gasteiger partial charge is 0.507 e. The lowest BCUT2D eigenvalue weighted by molar-refractivity contribution is 0.224. The third kappa shape index (κ3) is 4.38. The van der Waals surface area contributed by atoms with Crippen LogP contribution in [0.4, 0.5) is 0 Å². The van der Waals surface area contributed by atoms with Gasteiger partial charge in [-0.2, -0.15) is 0 Å². The first-order chi connectivity index (χ1) is 13.7. The van der Waals surface area contributed by atoms with Crippen LogP contribution < -0.4 is 5.32 Å². The number of aromatic nitrogens is 4. The zero-order valence-electron chi connectivity index (χ0n) is 17.3. The summed E-state index contributed by atoms with van der Waals surface area (Å²) in [7, 11) is 0. The smallest absolute Gasteiger partial charge is 0.127 e. The van der Waals surface area contributed by atoms with Crippen molar-refractivity contribution in [1.82, 2.24) is 24.8 Å².